The maximum atomic E-state index is 12.6. The number of aromatic nitrogens is 3. The first kappa shape index (κ1) is 19.3. The number of benzene rings is 1. The van der Waals surface area contributed by atoms with Crippen LogP contribution < -0.4 is 10.9 Å². The zero-order valence-electron chi connectivity index (χ0n) is 16.3. The average molecular weight is 430 g/mol. The van der Waals surface area contributed by atoms with Gasteiger partial charge in [-0.3, -0.25) is 9.48 Å². The number of hydrogen-bond acceptors (Lipinski definition) is 6. The summed E-state index contributed by atoms with van der Waals surface area (Å²) in [5.41, 5.74) is 1.59. The number of nitrogens with zero attached hydrogens (tertiary/aromatic N) is 3. The van der Waals surface area contributed by atoms with Crippen molar-refractivity contribution in [1.29, 1.82) is 0 Å². The van der Waals surface area contributed by atoms with E-state index >= 15 is 0 Å². The first-order chi connectivity index (χ1) is 14.5. The highest BCUT2D eigenvalue weighted by molar-refractivity contribution is 7.89. The molecule has 1 aromatic carbocycles. The number of rotatable bonds is 7. The first-order valence-electron chi connectivity index (χ1n) is 10.1. The van der Waals surface area contributed by atoms with Crippen molar-refractivity contribution in [3.63, 3.8) is 0 Å². The number of aromatic amines is 1. The van der Waals surface area contributed by atoms with Crippen LogP contribution in [0.2, 0.25) is 0 Å². The van der Waals surface area contributed by atoms with Crippen molar-refractivity contribution in [1.82, 2.24) is 19.1 Å². The van der Waals surface area contributed by atoms with Crippen LogP contribution in [0, 0.1) is 5.92 Å². The third-order valence-electron chi connectivity index (χ3n) is 5.73. The molecule has 1 aliphatic carbocycles. The third-order valence-corrected chi connectivity index (χ3v) is 7.64. The molecule has 0 unspecified atom stereocenters. The van der Waals surface area contributed by atoms with Crippen LogP contribution in [0.15, 0.2) is 40.2 Å². The summed E-state index contributed by atoms with van der Waals surface area (Å²) in [5, 5.41) is 17.9. The van der Waals surface area contributed by atoms with E-state index in [9.17, 15) is 18.3 Å². The third kappa shape index (κ3) is 3.30. The van der Waals surface area contributed by atoms with Crippen LogP contribution in [0.25, 0.3) is 10.9 Å². The van der Waals surface area contributed by atoms with Crippen LogP contribution in [0.5, 0.6) is 0 Å². The predicted molar refractivity (Wildman–Crippen MR) is 112 cm³/mol. The highest BCUT2D eigenvalue weighted by Crippen LogP contribution is 2.33. The topological polar surface area (TPSA) is 120 Å². The molecule has 0 spiro atoms. The van der Waals surface area contributed by atoms with Gasteiger partial charge in [-0.2, -0.15) is 9.40 Å². The van der Waals surface area contributed by atoms with E-state index in [1.165, 1.54) is 10.5 Å². The van der Waals surface area contributed by atoms with Crippen LogP contribution in [0.3, 0.4) is 0 Å². The lowest BCUT2D eigenvalue weighted by Gasteiger charge is -2.29. The van der Waals surface area contributed by atoms with E-state index in [-0.39, 0.29) is 17.1 Å². The Morgan fingerprint density at radius 1 is 1.20 bits per heavy atom. The number of pyridine rings is 1. The van der Waals surface area contributed by atoms with Crippen molar-refractivity contribution >= 4 is 32.4 Å². The van der Waals surface area contributed by atoms with Gasteiger partial charge < -0.3 is 15.4 Å². The molecule has 1 aliphatic heterocycles. The maximum absolute atomic E-state index is 12.6. The molecule has 3 N–H and O–H groups in total. The minimum atomic E-state index is -3.44. The number of hydrogen-bond donors (Lipinski definition) is 3. The monoisotopic (exact) mass is 429 g/mol. The number of nitrogens with one attached hydrogen (secondary N) is 2. The summed E-state index contributed by atoms with van der Waals surface area (Å²) in [5.74, 6) is 0.929. The summed E-state index contributed by atoms with van der Waals surface area (Å²) in [6.45, 7) is 1.61. The van der Waals surface area contributed by atoms with Gasteiger partial charge in [0.05, 0.1) is 17.0 Å². The van der Waals surface area contributed by atoms with Gasteiger partial charge in [0.1, 0.15) is 5.39 Å². The molecule has 3 aromatic rings. The first-order valence-corrected chi connectivity index (χ1v) is 11.5. The highest BCUT2D eigenvalue weighted by atomic mass is 32.2. The van der Waals surface area contributed by atoms with E-state index < -0.39 is 10.0 Å². The second kappa shape index (κ2) is 7.22. The number of sulfonamides is 1. The minimum absolute atomic E-state index is 0.202. The predicted octanol–water partition coefficient (Wildman–Crippen LogP) is 1.76. The van der Waals surface area contributed by atoms with Crippen molar-refractivity contribution in [2.24, 2.45) is 5.92 Å². The second-order valence-electron chi connectivity index (χ2n) is 7.91. The fourth-order valence-corrected chi connectivity index (χ4v) is 5.22. The summed E-state index contributed by atoms with van der Waals surface area (Å²) < 4.78 is 28.3. The van der Waals surface area contributed by atoms with Crippen molar-refractivity contribution in [2.75, 3.05) is 18.4 Å². The largest absolute Gasteiger partial charge is 0.392 e. The lowest BCUT2D eigenvalue weighted by molar-refractivity contribution is 0.282. The summed E-state index contributed by atoms with van der Waals surface area (Å²) >= 11 is 0. The molecule has 158 valence electrons. The highest BCUT2D eigenvalue weighted by Gasteiger charge is 2.29. The zero-order valence-corrected chi connectivity index (χ0v) is 17.2. The summed E-state index contributed by atoms with van der Waals surface area (Å²) in [6.07, 6.45) is 4.68. The van der Waals surface area contributed by atoms with Crippen LogP contribution in [0.1, 0.15) is 24.8 Å². The van der Waals surface area contributed by atoms with Crippen LogP contribution in [-0.4, -0.2) is 45.7 Å². The molecule has 3 heterocycles. The standard InChI is InChI=1S/C20H23N5O4S/c26-12-14-10-21-20(27)17-18(14)25(11-13-2-3-13)23-19(17)22-15-4-6-16(7-5-15)30(28,29)24-8-1-9-24/h4-7,10,13,26H,1-3,8-9,11-12H2,(H,21,27)(H,22,23). The Bertz CT molecular complexity index is 1250. The summed E-state index contributed by atoms with van der Waals surface area (Å²) in [6, 6.07) is 6.45. The Hall–Kier alpha value is -2.69. The molecule has 5 rings (SSSR count). The van der Waals surface area contributed by atoms with Gasteiger partial charge in [-0.15, -0.1) is 0 Å². The quantitative estimate of drug-likeness (QED) is 0.526. The fourth-order valence-electron chi connectivity index (χ4n) is 3.71. The zero-order chi connectivity index (χ0) is 20.9. The van der Waals surface area contributed by atoms with Crippen molar-refractivity contribution in [3.05, 3.63) is 46.4 Å². The average Bonchev–Trinajstić information content (AvgIpc) is 3.42. The van der Waals surface area contributed by atoms with E-state index in [1.807, 2.05) is 0 Å². The van der Waals surface area contributed by atoms with E-state index in [2.05, 4.69) is 15.4 Å². The Labute approximate surface area is 173 Å². The molecule has 1 saturated heterocycles. The van der Waals surface area contributed by atoms with Crippen molar-refractivity contribution < 1.29 is 13.5 Å². The van der Waals surface area contributed by atoms with Crippen LogP contribution >= 0.6 is 0 Å². The number of aliphatic hydroxyl groups excluding tert-OH is 1. The van der Waals surface area contributed by atoms with Gasteiger partial charge in [-0.05, 0) is 49.4 Å². The number of anilines is 2. The number of aliphatic hydroxyl groups is 1. The van der Waals surface area contributed by atoms with Gasteiger partial charge in [0.25, 0.3) is 5.56 Å². The number of H-pyrrole nitrogens is 1. The molecule has 0 radical (unpaired) electrons. The lowest BCUT2D eigenvalue weighted by atomic mass is 10.2. The van der Waals surface area contributed by atoms with Crippen molar-refractivity contribution in [3.8, 4) is 0 Å². The van der Waals surface area contributed by atoms with Gasteiger partial charge in [-0.1, -0.05) is 0 Å². The van der Waals surface area contributed by atoms with E-state index in [0.717, 1.165) is 19.3 Å². The molecule has 2 aromatic heterocycles. The molecule has 9 nitrogen and oxygen atoms in total. The molecule has 1 saturated carbocycles. The molecule has 0 bridgehead atoms. The van der Waals surface area contributed by atoms with E-state index in [1.54, 1.807) is 28.9 Å². The van der Waals surface area contributed by atoms with Gasteiger partial charge in [0.2, 0.25) is 10.0 Å². The molecule has 2 aliphatic rings. The Kier molecular flexibility index (Phi) is 4.64. The molecule has 10 heteroatoms. The van der Waals surface area contributed by atoms with Gasteiger partial charge >= 0.3 is 0 Å². The maximum Gasteiger partial charge on any atom is 0.261 e. The summed E-state index contributed by atoms with van der Waals surface area (Å²) in [4.78, 5) is 15.5. The normalized spacial score (nSPS) is 17.2. The van der Waals surface area contributed by atoms with Gasteiger partial charge in [0.15, 0.2) is 5.82 Å². The Morgan fingerprint density at radius 3 is 2.53 bits per heavy atom. The molecule has 2 fully saturated rings. The molecular weight excluding hydrogens is 406 g/mol. The van der Waals surface area contributed by atoms with Crippen molar-refractivity contribution in [2.45, 2.75) is 37.3 Å². The summed E-state index contributed by atoms with van der Waals surface area (Å²) in [7, 11) is -3.44. The molecule has 0 amide bonds. The Balaban J connectivity index is 1.50. The molecular formula is C20H23N5O4S. The minimum Gasteiger partial charge on any atom is -0.392 e. The van der Waals surface area contributed by atoms with Gasteiger partial charge in [0, 0.05) is 37.1 Å². The fraction of sp³-hybridized carbons (Fsp3) is 0.400. The van der Waals surface area contributed by atoms with Gasteiger partial charge in [-0.25, -0.2) is 8.42 Å². The Morgan fingerprint density at radius 2 is 1.93 bits per heavy atom. The van der Waals surface area contributed by atoms with Crippen LogP contribution in [-0.2, 0) is 23.2 Å². The lowest BCUT2D eigenvalue weighted by Crippen LogP contribution is -2.41. The second-order valence-corrected chi connectivity index (χ2v) is 9.84. The van der Waals surface area contributed by atoms with E-state index in [4.69, 9.17) is 0 Å². The van der Waals surface area contributed by atoms with E-state index in [0.29, 0.717) is 53.5 Å². The molecule has 0 atom stereocenters. The smallest absolute Gasteiger partial charge is 0.261 e. The SMILES string of the molecule is O=c1[nH]cc(CO)c2c1c(Nc1ccc(S(=O)(=O)N3CCC3)cc1)nn2CC1CC1. The number of fused-ring (bicyclic) bond motifs is 1. The molecule has 30 heavy (non-hydrogen) atoms. The van der Waals surface area contributed by atoms with Crippen LogP contribution in [0.4, 0.5) is 11.5 Å².